The fourth-order valence-electron chi connectivity index (χ4n) is 3.30. The summed E-state index contributed by atoms with van der Waals surface area (Å²) in [5, 5.41) is 10.3. The van der Waals surface area contributed by atoms with E-state index in [1.54, 1.807) is 0 Å². The molecule has 0 spiro atoms. The second-order valence-electron chi connectivity index (χ2n) is 6.63. The van der Waals surface area contributed by atoms with Crippen LogP contribution in [0.4, 0.5) is 0 Å². The van der Waals surface area contributed by atoms with Gasteiger partial charge < -0.3 is 14.4 Å². The molecule has 1 N–H and O–H groups in total. The Kier molecular flexibility index (Phi) is 5.00. The molecule has 0 fully saturated rings. The fourth-order valence-corrected chi connectivity index (χ4v) is 3.30. The first-order valence-electron chi connectivity index (χ1n) is 8.96. The molecule has 2 aromatic carbocycles. The Morgan fingerprint density at radius 1 is 1.00 bits per heavy atom. The largest absolute Gasteiger partial charge is 0.491 e. The summed E-state index contributed by atoms with van der Waals surface area (Å²) >= 11 is 0. The number of aliphatic hydroxyl groups excluding tert-OH is 1. The summed E-state index contributed by atoms with van der Waals surface area (Å²) in [6, 6.07) is 18.2. The highest BCUT2D eigenvalue weighted by atomic mass is 16.5. The van der Waals surface area contributed by atoms with Gasteiger partial charge >= 0.3 is 0 Å². The van der Waals surface area contributed by atoms with Gasteiger partial charge in [-0.2, -0.15) is 0 Å². The Morgan fingerprint density at radius 2 is 1.77 bits per heavy atom. The lowest BCUT2D eigenvalue weighted by Crippen LogP contribution is -2.40. The zero-order chi connectivity index (χ0) is 17.8. The van der Waals surface area contributed by atoms with Gasteiger partial charge in [-0.25, -0.2) is 4.98 Å². The number of aromatic nitrogens is 2. The summed E-state index contributed by atoms with van der Waals surface area (Å²) in [5.41, 5.74) is 2.34. The topological polar surface area (TPSA) is 50.5 Å². The van der Waals surface area contributed by atoms with Crippen LogP contribution in [0.2, 0.25) is 0 Å². The van der Waals surface area contributed by atoms with Gasteiger partial charge in [0.25, 0.3) is 0 Å². The number of fused-ring (bicyclic) bond motifs is 1. The first-order chi connectivity index (χ1) is 12.8. The summed E-state index contributed by atoms with van der Waals surface area (Å²) in [7, 11) is 0. The maximum absolute atomic E-state index is 10.3. The molecule has 0 aliphatic carbocycles. The summed E-state index contributed by atoms with van der Waals surface area (Å²) in [6.45, 7) is 3.50. The third-order valence-electron chi connectivity index (χ3n) is 4.70. The molecule has 0 saturated carbocycles. The molecule has 0 unspecified atom stereocenters. The first kappa shape index (κ1) is 16.8. The predicted molar refractivity (Wildman–Crippen MR) is 101 cm³/mol. The number of imidazole rings is 1. The van der Waals surface area contributed by atoms with Crippen molar-refractivity contribution in [2.24, 2.45) is 0 Å². The van der Waals surface area contributed by atoms with E-state index in [1.165, 1.54) is 5.56 Å². The van der Waals surface area contributed by atoms with E-state index < -0.39 is 6.10 Å². The number of hydrogen-bond acceptors (Lipinski definition) is 4. The average molecular weight is 349 g/mol. The van der Waals surface area contributed by atoms with E-state index in [4.69, 9.17) is 4.74 Å². The molecule has 1 atom stereocenters. The second-order valence-corrected chi connectivity index (χ2v) is 6.63. The Labute approximate surface area is 153 Å². The van der Waals surface area contributed by atoms with Gasteiger partial charge in [0, 0.05) is 32.0 Å². The fraction of sp³-hybridized carbons (Fsp3) is 0.286. The minimum atomic E-state index is -0.523. The number of nitrogens with zero attached hydrogens (tertiary/aromatic N) is 3. The molecule has 2 heterocycles. The van der Waals surface area contributed by atoms with Crippen LogP contribution in [0.15, 0.2) is 67.0 Å². The lowest BCUT2D eigenvalue weighted by Gasteiger charge is -2.29. The molecule has 5 heteroatoms. The number of β-amino-alcohol motifs (C(OH)–C–C–N with tert-alkyl or cyclic N) is 1. The van der Waals surface area contributed by atoms with Crippen molar-refractivity contribution >= 4 is 0 Å². The minimum Gasteiger partial charge on any atom is -0.491 e. The van der Waals surface area contributed by atoms with Crippen LogP contribution in [-0.2, 0) is 13.1 Å². The van der Waals surface area contributed by atoms with E-state index in [2.05, 4.69) is 26.6 Å². The Hall–Kier alpha value is -2.63. The van der Waals surface area contributed by atoms with Gasteiger partial charge in [0.1, 0.15) is 24.3 Å². The zero-order valence-corrected chi connectivity index (χ0v) is 14.7. The van der Waals surface area contributed by atoms with E-state index in [-0.39, 0.29) is 6.61 Å². The van der Waals surface area contributed by atoms with Crippen LogP contribution in [-0.4, -0.2) is 45.4 Å². The first-order valence-corrected chi connectivity index (χ1v) is 8.96. The highest BCUT2D eigenvalue weighted by Gasteiger charge is 2.19. The number of aliphatic hydroxyl groups is 1. The van der Waals surface area contributed by atoms with Gasteiger partial charge in [-0.15, -0.1) is 0 Å². The predicted octanol–water partition coefficient (Wildman–Crippen LogP) is 2.81. The number of hydrogen-bond donors (Lipinski definition) is 1. The smallest absolute Gasteiger partial charge is 0.122 e. The van der Waals surface area contributed by atoms with Crippen molar-refractivity contribution in [1.29, 1.82) is 0 Å². The van der Waals surface area contributed by atoms with E-state index >= 15 is 0 Å². The Balaban J connectivity index is 1.27. The highest BCUT2D eigenvalue weighted by Crippen LogP contribution is 2.22. The van der Waals surface area contributed by atoms with Crippen LogP contribution in [0, 0.1) is 0 Å². The van der Waals surface area contributed by atoms with Crippen molar-refractivity contribution in [3.8, 4) is 16.9 Å². The van der Waals surface area contributed by atoms with Gasteiger partial charge in [0.2, 0.25) is 0 Å². The molecule has 1 aromatic heterocycles. The number of ether oxygens (including phenoxy) is 1. The normalized spacial score (nSPS) is 15.4. The molecular formula is C21H23N3O2. The van der Waals surface area contributed by atoms with Crippen molar-refractivity contribution in [1.82, 2.24) is 14.5 Å². The summed E-state index contributed by atoms with van der Waals surface area (Å²) in [6.07, 6.45) is 3.31. The molecule has 0 saturated heterocycles. The molecule has 1 aliphatic heterocycles. The van der Waals surface area contributed by atoms with E-state index in [9.17, 15) is 5.11 Å². The molecule has 3 aromatic rings. The maximum Gasteiger partial charge on any atom is 0.122 e. The lowest BCUT2D eigenvalue weighted by molar-refractivity contribution is 0.0583. The number of rotatable bonds is 6. The zero-order valence-electron chi connectivity index (χ0n) is 14.7. The maximum atomic E-state index is 10.3. The molecule has 4 rings (SSSR count). The highest BCUT2D eigenvalue weighted by molar-refractivity contribution is 5.63. The van der Waals surface area contributed by atoms with Crippen LogP contribution < -0.4 is 4.74 Å². The van der Waals surface area contributed by atoms with Crippen LogP contribution in [0.1, 0.15) is 5.82 Å². The molecule has 26 heavy (non-hydrogen) atoms. The second kappa shape index (κ2) is 7.72. The van der Waals surface area contributed by atoms with E-state index in [1.807, 2.05) is 54.9 Å². The van der Waals surface area contributed by atoms with E-state index in [0.29, 0.717) is 6.54 Å². The Bertz CT molecular complexity index is 830. The minimum absolute atomic E-state index is 0.287. The third-order valence-corrected chi connectivity index (χ3v) is 4.70. The van der Waals surface area contributed by atoms with Crippen molar-refractivity contribution in [3.05, 3.63) is 72.8 Å². The van der Waals surface area contributed by atoms with Crippen molar-refractivity contribution in [2.75, 3.05) is 19.7 Å². The van der Waals surface area contributed by atoms with Crippen molar-refractivity contribution in [2.45, 2.75) is 19.2 Å². The van der Waals surface area contributed by atoms with Gasteiger partial charge in [0.15, 0.2) is 0 Å². The molecule has 0 radical (unpaired) electrons. The van der Waals surface area contributed by atoms with Gasteiger partial charge in [-0.05, 0) is 23.3 Å². The molecule has 134 valence electrons. The molecule has 1 aliphatic rings. The van der Waals surface area contributed by atoms with Crippen LogP contribution >= 0.6 is 0 Å². The van der Waals surface area contributed by atoms with Crippen LogP contribution in [0.5, 0.6) is 5.75 Å². The Morgan fingerprint density at radius 3 is 2.58 bits per heavy atom. The van der Waals surface area contributed by atoms with Crippen LogP contribution in [0.25, 0.3) is 11.1 Å². The number of benzene rings is 2. The standard InChI is InChI=1S/C21H23N3O2/c25-19(14-23-12-13-24-11-10-22-21(24)15-23)16-26-20-8-6-18(7-9-20)17-4-2-1-3-5-17/h1-11,19,25H,12-16H2/t19-/m1/s1. The van der Waals surface area contributed by atoms with E-state index in [0.717, 1.165) is 36.8 Å². The van der Waals surface area contributed by atoms with Crippen molar-refractivity contribution in [3.63, 3.8) is 0 Å². The summed E-state index contributed by atoms with van der Waals surface area (Å²) < 4.78 is 7.92. The molecule has 0 amide bonds. The molecule has 0 bridgehead atoms. The van der Waals surface area contributed by atoms with Crippen molar-refractivity contribution < 1.29 is 9.84 Å². The monoisotopic (exact) mass is 349 g/mol. The molecule has 5 nitrogen and oxygen atoms in total. The molecular weight excluding hydrogens is 326 g/mol. The van der Waals surface area contributed by atoms with Gasteiger partial charge in [-0.3, -0.25) is 4.90 Å². The summed E-state index contributed by atoms with van der Waals surface area (Å²) in [4.78, 5) is 6.57. The SMILES string of the molecule is O[C@@H](COc1ccc(-c2ccccc2)cc1)CN1CCn2ccnc2C1. The van der Waals surface area contributed by atoms with Crippen LogP contribution in [0.3, 0.4) is 0 Å². The third kappa shape index (κ3) is 3.95. The summed E-state index contributed by atoms with van der Waals surface area (Å²) in [5.74, 6) is 1.83. The quantitative estimate of drug-likeness (QED) is 0.743. The lowest BCUT2D eigenvalue weighted by atomic mass is 10.1. The average Bonchev–Trinajstić information content (AvgIpc) is 3.15. The van der Waals surface area contributed by atoms with Gasteiger partial charge in [-0.1, -0.05) is 42.5 Å². The van der Waals surface area contributed by atoms with Gasteiger partial charge in [0.05, 0.1) is 6.54 Å².